The van der Waals surface area contributed by atoms with Gasteiger partial charge in [0.05, 0.1) is 10.6 Å². The molecule has 0 aliphatic carbocycles. The molecule has 0 unspecified atom stereocenters. The molecule has 0 aromatic heterocycles. The topological polar surface area (TPSA) is 124 Å². The van der Waals surface area contributed by atoms with Crippen LogP contribution in [-0.2, 0) is 9.59 Å². The van der Waals surface area contributed by atoms with Gasteiger partial charge in [0.15, 0.2) is 10.9 Å². The lowest BCUT2D eigenvalue weighted by Gasteiger charge is -2.15. The molecule has 2 aromatic rings. The number of phenols is 1. The van der Waals surface area contributed by atoms with Crippen molar-refractivity contribution in [3.05, 3.63) is 58.5 Å². The summed E-state index contributed by atoms with van der Waals surface area (Å²) in [4.78, 5) is 35.8. The number of anilines is 1. The van der Waals surface area contributed by atoms with Gasteiger partial charge in [-0.25, -0.2) is 9.59 Å². The van der Waals surface area contributed by atoms with Crippen molar-refractivity contribution in [2.45, 2.75) is 0 Å². The molecule has 148 valence electrons. The third-order valence-corrected chi connectivity index (χ3v) is 5.11. The van der Waals surface area contributed by atoms with E-state index in [-0.39, 0.29) is 15.6 Å². The van der Waals surface area contributed by atoms with Crippen molar-refractivity contribution in [3.63, 3.8) is 0 Å². The molecule has 1 aliphatic rings. The van der Waals surface area contributed by atoms with Gasteiger partial charge in [0.2, 0.25) is 0 Å². The van der Waals surface area contributed by atoms with Crippen LogP contribution < -0.4 is 9.64 Å². The number of rotatable bonds is 6. The predicted octanol–water partition coefficient (Wildman–Crippen LogP) is 2.96. The molecule has 0 atom stereocenters. The number of benzene rings is 2. The highest BCUT2D eigenvalue weighted by Crippen LogP contribution is 2.37. The first-order chi connectivity index (χ1) is 13.8. The molecule has 10 heteroatoms. The Bertz CT molecular complexity index is 1050. The Morgan fingerprint density at radius 2 is 1.83 bits per heavy atom. The third kappa shape index (κ3) is 4.55. The zero-order chi connectivity index (χ0) is 21.1. The second-order valence-electron chi connectivity index (χ2n) is 5.78. The second kappa shape index (κ2) is 8.33. The fourth-order valence-corrected chi connectivity index (χ4v) is 3.79. The largest absolute Gasteiger partial charge is 0.507 e. The predicted molar refractivity (Wildman–Crippen MR) is 110 cm³/mol. The van der Waals surface area contributed by atoms with E-state index in [0.717, 1.165) is 11.8 Å². The highest BCUT2D eigenvalue weighted by Gasteiger charge is 2.33. The van der Waals surface area contributed by atoms with E-state index in [1.807, 2.05) is 0 Å². The zero-order valence-electron chi connectivity index (χ0n) is 14.6. The van der Waals surface area contributed by atoms with Crippen molar-refractivity contribution in [1.29, 1.82) is 0 Å². The number of hydrogen-bond donors (Lipinski definition) is 3. The maximum Gasteiger partial charge on any atom is 0.341 e. The Hall–Kier alpha value is -3.37. The Kier molecular flexibility index (Phi) is 5.85. The van der Waals surface area contributed by atoms with E-state index in [2.05, 4.69) is 0 Å². The molecular weight excluding hydrogens is 418 g/mol. The molecule has 29 heavy (non-hydrogen) atoms. The van der Waals surface area contributed by atoms with Gasteiger partial charge in [-0.05, 0) is 35.9 Å². The molecule has 8 nitrogen and oxygen atoms in total. The van der Waals surface area contributed by atoms with Crippen molar-refractivity contribution in [2.75, 3.05) is 11.5 Å². The van der Waals surface area contributed by atoms with E-state index < -0.39 is 30.2 Å². The summed E-state index contributed by atoms with van der Waals surface area (Å²) in [5.41, 5.74) is 0.660. The minimum Gasteiger partial charge on any atom is -0.507 e. The minimum atomic E-state index is -1.28. The first-order valence-corrected chi connectivity index (χ1v) is 9.27. The summed E-state index contributed by atoms with van der Waals surface area (Å²) in [6.07, 6.45) is 1.62. The normalized spacial score (nSPS) is 15.0. The van der Waals surface area contributed by atoms with Crippen molar-refractivity contribution in [1.82, 2.24) is 0 Å². The number of thiocarbonyl (C=S) groups is 1. The first kappa shape index (κ1) is 20.4. The number of carbonyl (C=O) groups excluding carboxylic acids is 1. The van der Waals surface area contributed by atoms with Gasteiger partial charge in [0, 0.05) is 6.07 Å². The van der Waals surface area contributed by atoms with Gasteiger partial charge in [-0.3, -0.25) is 9.69 Å². The summed E-state index contributed by atoms with van der Waals surface area (Å²) in [6, 6.07) is 10.3. The maximum absolute atomic E-state index is 12.8. The minimum absolute atomic E-state index is 0.241. The molecule has 1 aliphatic heterocycles. The Morgan fingerprint density at radius 3 is 2.41 bits per heavy atom. The van der Waals surface area contributed by atoms with E-state index in [9.17, 15) is 19.5 Å². The quantitative estimate of drug-likeness (QED) is 0.468. The van der Waals surface area contributed by atoms with Gasteiger partial charge >= 0.3 is 11.9 Å². The van der Waals surface area contributed by atoms with Crippen LogP contribution in [0.1, 0.15) is 15.9 Å². The monoisotopic (exact) mass is 431 g/mol. The maximum atomic E-state index is 12.8. The van der Waals surface area contributed by atoms with Crippen molar-refractivity contribution < 1.29 is 34.4 Å². The number of carbonyl (C=O) groups is 3. The molecule has 3 N–H and O–H groups in total. The molecule has 1 heterocycles. The van der Waals surface area contributed by atoms with Crippen LogP contribution in [0.4, 0.5) is 5.69 Å². The Balaban J connectivity index is 1.80. The van der Waals surface area contributed by atoms with Crippen molar-refractivity contribution in [2.24, 2.45) is 0 Å². The lowest BCUT2D eigenvalue weighted by Crippen LogP contribution is -2.27. The molecule has 0 saturated carbocycles. The SMILES string of the molecule is O=C(O)COc1ccc(/C=C2\SC(=S)N(c3ccc(C(=O)O)c(O)c3)C2=O)cc1. The number of nitrogens with zero attached hydrogens (tertiary/aromatic N) is 1. The van der Waals surface area contributed by atoms with E-state index >= 15 is 0 Å². The Labute approximate surface area is 174 Å². The van der Waals surface area contributed by atoms with Crippen LogP contribution in [0.5, 0.6) is 11.5 Å². The van der Waals surface area contributed by atoms with Gasteiger partial charge in [-0.2, -0.15) is 0 Å². The number of aromatic carboxylic acids is 1. The molecule has 1 fully saturated rings. The molecular formula is C19H13NO7S2. The van der Waals surface area contributed by atoms with Crippen molar-refractivity contribution in [3.8, 4) is 11.5 Å². The molecule has 0 spiro atoms. The third-order valence-electron chi connectivity index (χ3n) is 3.80. The number of aliphatic carboxylic acids is 1. The van der Waals surface area contributed by atoms with Crippen LogP contribution >= 0.6 is 24.0 Å². The highest BCUT2D eigenvalue weighted by atomic mass is 32.2. The van der Waals surface area contributed by atoms with E-state index in [0.29, 0.717) is 16.2 Å². The van der Waals surface area contributed by atoms with E-state index in [1.54, 1.807) is 30.3 Å². The molecule has 3 rings (SSSR count). The smallest absolute Gasteiger partial charge is 0.341 e. The number of thioether (sulfide) groups is 1. The molecule has 2 aromatic carbocycles. The standard InChI is InChI=1S/C19H13NO7S2/c21-14-8-11(3-6-13(14)18(25)26)20-17(24)15(29-19(20)28)7-10-1-4-12(5-2-10)27-9-16(22)23/h1-8,21H,9H2,(H,22,23)(H,25,26)/b15-7-. The fraction of sp³-hybridized carbons (Fsp3) is 0.0526. The van der Waals surface area contributed by atoms with E-state index in [4.69, 9.17) is 27.2 Å². The second-order valence-corrected chi connectivity index (χ2v) is 7.45. The molecule has 1 amide bonds. The summed E-state index contributed by atoms with van der Waals surface area (Å²) in [5, 5.41) is 27.5. The molecule has 0 bridgehead atoms. The molecule has 0 radical (unpaired) electrons. The van der Waals surface area contributed by atoms with Gasteiger partial charge < -0.3 is 20.1 Å². The van der Waals surface area contributed by atoms with Crippen LogP contribution in [0.15, 0.2) is 47.4 Å². The van der Waals surface area contributed by atoms with Crippen LogP contribution in [0.3, 0.4) is 0 Å². The summed E-state index contributed by atoms with van der Waals surface area (Å²) in [5.74, 6) is -2.86. The van der Waals surface area contributed by atoms with Gasteiger partial charge in [0.25, 0.3) is 5.91 Å². The summed E-state index contributed by atoms with van der Waals surface area (Å²) in [6.45, 7) is -0.453. The highest BCUT2D eigenvalue weighted by molar-refractivity contribution is 8.27. The van der Waals surface area contributed by atoms with Crippen LogP contribution in [-0.4, -0.2) is 44.1 Å². The number of amides is 1. The average molecular weight is 431 g/mol. The lowest BCUT2D eigenvalue weighted by molar-refractivity contribution is -0.139. The summed E-state index contributed by atoms with van der Waals surface area (Å²) in [7, 11) is 0. The van der Waals surface area contributed by atoms with Crippen LogP contribution in [0, 0.1) is 0 Å². The summed E-state index contributed by atoms with van der Waals surface area (Å²) >= 11 is 6.32. The fourth-order valence-electron chi connectivity index (χ4n) is 2.49. The number of carboxylic acid groups (broad SMARTS) is 2. The average Bonchev–Trinajstić information content (AvgIpc) is 2.94. The lowest BCUT2D eigenvalue weighted by atomic mass is 10.1. The Morgan fingerprint density at radius 1 is 1.14 bits per heavy atom. The summed E-state index contributed by atoms with van der Waals surface area (Å²) < 4.78 is 5.30. The number of ether oxygens (including phenoxy) is 1. The van der Waals surface area contributed by atoms with E-state index in [1.165, 1.54) is 23.1 Å². The number of carboxylic acids is 2. The van der Waals surface area contributed by atoms with Crippen molar-refractivity contribution >= 4 is 57.9 Å². The van der Waals surface area contributed by atoms with Gasteiger partial charge in [-0.1, -0.05) is 36.1 Å². The first-order valence-electron chi connectivity index (χ1n) is 8.05. The van der Waals surface area contributed by atoms with Crippen LogP contribution in [0.25, 0.3) is 6.08 Å². The molecule has 1 saturated heterocycles. The zero-order valence-corrected chi connectivity index (χ0v) is 16.2. The van der Waals surface area contributed by atoms with Gasteiger partial charge in [0.1, 0.15) is 17.1 Å². The number of hydrogen-bond acceptors (Lipinski definition) is 7. The van der Waals surface area contributed by atoms with Gasteiger partial charge in [-0.15, -0.1) is 0 Å². The number of aromatic hydroxyl groups is 1. The van der Waals surface area contributed by atoms with Crippen LogP contribution in [0.2, 0.25) is 0 Å².